The Morgan fingerprint density at radius 2 is 2.25 bits per heavy atom. The Kier molecular flexibility index (Phi) is 5.84. The highest BCUT2D eigenvalue weighted by Crippen LogP contribution is 2.31. The van der Waals surface area contributed by atoms with Gasteiger partial charge in [-0.25, -0.2) is 4.98 Å². The van der Waals surface area contributed by atoms with E-state index in [0.29, 0.717) is 6.10 Å². The molecular weight excluding hydrogens is 248 g/mol. The Morgan fingerprint density at radius 1 is 1.40 bits per heavy atom. The maximum absolute atomic E-state index is 6.23. The van der Waals surface area contributed by atoms with E-state index in [9.17, 15) is 0 Å². The van der Waals surface area contributed by atoms with Crippen LogP contribution in [0.1, 0.15) is 64.5 Å². The lowest BCUT2D eigenvalue weighted by Gasteiger charge is -2.29. The minimum Gasteiger partial charge on any atom is -0.474 e. The maximum Gasteiger partial charge on any atom is 0.218 e. The lowest BCUT2D eigenvalue weighted by Crippen LogP contribution is -2.27. The Hall–Kier alpha value is -1.09. The van der Waals surface area contributed by atoms with Gasteiger partial charge in [-0.3, -0.25) is 0 Å². The molecule has 20 heavy (non-hydrogen) atoms. The van der Waals surface area contributed by atoms with E-state index in [2.05, 4.69) is 37.1 Å². The molecule has 1 aromatic heterocycles. The third-order valence-corrected chi connectivity index (χ3v) is 4.37. The van der Waals surface area contributed by atoms with Crippen LogP contribution in [0.2, 0.25) is 0 Å². The standard InChI is InChI=1S/C17H28N2O/c1-4-14-8-6-9-15(12-14)20-17-16(10-7-11-19-17)13(3)18-5-2/h7,10-11,13-15,18H,4-6,8-9,12H2,1-3H3. The molecule has 1 fully saturated rings. The van der Waals surface area contributed by atoms with Crippen LogP contribution in [-0.4, -0.2) is 17.6 Å². The number of pyridine rings is 1. The second-order valence-corrected chi connectivity index (χ2v) is 5.86. The predicted molar refractivity (Wildman–Crippen MR) is 83.0 cm³/mol. The van der Waals surface area contributed by atoms with Crippen molar-refractivity contribution in [1.82, 2.24) is 10.3 Å². The molecule has 3 atom stereocenters. The molecule has 0 amide bonds. The van der Waals surface area contributed by atoms with Crippen molar-refractivity contribution in [2.24, 2.45) is 5.92 Å². The molecule has 1 aliphatic rings. The molecule has 0 aromatic carbocycles. The van der Waals surface area contributed by atoms with Crippen LogP contribution in [0.5, 0.6) is 5.88 Å². The van der Waals surface area contributed by atoms with Crippen LogP contribution in [0, 0.1) is 5.92 Å². The Morgan fingerprint density at radius 3 is 3.00 bits per heavy atom. The molecule has 0 radical (unpaired) electrons. The summed E-state index contributed by atoms with van der Waals surface area (Å²) in [6.07, 6.45) is 8.44. The van der Waals surface area contributed by atoms with Gasteiger partial charge in [0.2, 0.25) is 5.88 Å². The Bertz CT molecular complexity index is 408. The molecule has 0 bridgehead atoms. The monoisotopic (exact) mass is 276 g/mol. The van der Waals surface area contributed by atoms with Crippen LogP contribution >= 0.6 is 0 Å². The van der Waals surface area contributed by atoms with Gasteiger partial charge in [-0.15, -0.1) is 0 Å². The summed E-state index contributed by atoms with van der Waals surface area (Å²) in [5.41, 5.74) is 1.17. The van der Waals surface area contributed by atoms with Crippen LogP contribution < -0.4 is 10.1 Å². The van der Waals surface area contributed by atoms with Crippen molar-refractivity contribution in [1.29, 1.82) is 0 Å². The van der Waals surface area contributed by atoms with Crippen LogP contribution in [0.15, 0.2) is 18.3 Å². The van der Waals surface area contributed by atoms with E-state index in [1.807, 2.05) is 12.3 Å². The zero-order valence-corrected chi connectivity index (χ0v) is 13.1. The molecule has 1 saturated carbocycles. The van der Waals surface area contributed by atoms with Crippen molar-refractivity contribution >= 4 is 0 Å². The number of hydrogen-bond donors (Lipinski definition) is 1. The van der Waals surface area contributed by atoms with E-state index in [1.54, 1.807) is 0 Å². The third-order valence-electron chi connectivity index (χ3n) is 4.37. The number of hydrogen-bond acceptors (Lipinski definition) is 3. The van der Waals surface area contributed by atoms with Crippen LogP contribution in [0.3, 0.4) is 0 Å². The first-order chi connectivity index (χ1) is 9.74. The number of nitrogens with one attached hydrogen (secondary N) is 1. The fraction of sp³-hybridized carbons (Fsp3) is 0.706. The Labute approximate surface area is 123 Å². The first kappa shape index (κ1) is 15.3. The van der Waals surface area contributed by atoms with Gasteiger partial charge < -0.3 is 10.1 Å². The Balaban J connectivity index is 2.05. The zero-order chi connectivity index (χ0) is 14.4. The topological polar surface area (TPSA) is 34.2 Å². The molecule has 0 spiro atoms. The fourth-order valence-electron chi connectivity index (χ4n) is 3.12. The summed E-state index contributed by atoms with van der Waals surface area (Å²) in [5.74, 6) is 1.65. The van der Waals surface area contributed by atoms with Gasteiger partial charge in [0.15, 0.2) is 0 Å². The highest BCUT2D eigenvalue weighted by Gasteiger charge is 2.23. The number of aromatic nitrogens is 1. The van der Waals surface area contributed by atoms with E-state index in [-0.39, 0.29) is 6.04 Å². The van der Waals surface area contributed by atoms with Crippen LogP contribution in [-0.2, 0) is 0 Å². The van der Waals surface area contributed by atoms with Crippen LogP contribution in [0.4, 0.5) is 0 Å². The number of rotatable bonds is 6. The average Bonchev–Trinajstić information content (AvgIpc) is 2.48. The quantitative estimate of drug-likeness (QED) is 0.849. The van der Waals surface area contributed by atoms with Crippen molar-refractivity contribution in [3.8, 4) is 5.88 Å². The van der Waals surface area contributed by atoms with Gasteiger partial charge in [0.05, 0.1) is 0 Å². The molecule has 3 heteroatoms. The third kappa shape index (κ3) is 3.95. The highest BCUT2D eigenvalue weighted by molar-refractivity contribution is 5.28. The molecule has 1 aliphatic carbocycles. The van der Waals surface area contributed by atoms with Crippen molar-refractivity contribution in [2.75, 3.05) is 6.54 Å². The highest BCUT2D eigenvalue weighted by atomic mass is 16.5. The minimum atomic E-state index is 0.286. The van der Waals surface area contributed by atoms with Gasteiger partial charge in [0, 0.05) is 17.8 Å². The molecule has 2 rings (SSSR count). The van der Waals surface area contributed by atoms with E-state index < -0.39 is 0 Å². The lowest BCUT2D eigenvalue weighted by atomic mass is 9.85. The largest absolute Gasteiger partial charge is 0.474 e. The molecule has 1 N–H and O–H groups in total. The SMILES string of the molecule is CCNC(C)c1cccnc1OC1CCCC(CC)C1. The lowest BCUT2D eigenvalue weighted by molar-refractivity contribution is 0.115. The van der Waals surface area contributed by atoms with E-state index >= 15 is 0 Å². The number of ether oxygens (including phenoxy) is 1. The summed E-state index contributed by atoms with van der Waals surface area (Å²) >= 11 is 0. The minimum absolute atomic E-state index is 0.286. The molecule has 0 aliphatic heterocycles. The summed E-state index contributed by atoms with van der Waals surface area (Å²) in [6, 6.07) is 4.40. The second-order valence-electron chi connectivity index (χ2n) is 5.86. The molecule has 1 aromatic rings. The van der Waals surface area contributed by atoms with Crippen LogP contribution in [0.25, 0.3) is 0 Å². The second kappa shape index (κ2) is 7.63. The molecule has 3 nitrogen and oxygen atoms in total. The zero-order valence-electron chi connectivity index (χ0n) is 13.1. The molecule has 3 unspecified atom stereocenters. The van der Waals surface area contributed by atoms with Gasteiger partial charge in [0.25, 0.3) is 0 Å². The molecule has 1 heterocycles. The fourth-order valence-corrected chi connectivity index (χ4v) is 3.12. The van der Waals surface area contributed by atoms with E-state index in [4.69, 9.17) is 4.74 Å². The van der Waals surface area contributed by atoms with E-state index in [0.717, 1.165) is 18.3 Å². The summed E-state index contributed by atoms with van der Waals surface area (Å²) < 4.78 is 6.23. The normalized spacial score (nSPS) is 24.4. The predicted octanol–water partition coefficient (Wildman–Crippen LogP) is 4.10. The van der Waals surface area contributed by atoms with Gasteiger partial charge >= 0.3 is 0 Å². The summed E-state index contributed by atoms with van der Waals surface area (Å²) in [6.45, 7) is 7.53. The molecule has 0 saturated heterocycles. The molecular formula is C17H28N2O. The number of nitrogens with zero attached hydrogens (tertiary/aromatic N) is 1. The maximum atomic E-state index is 6.23. The van der Waals surface area contributed by atoms with Crippen molar-refractivity contribution in [3.05, 3.63) is 23.9 Å². The van der Waals surface area contributed by atoms with Gasteiger partial charge in [-0.05, 0) is 44.7 Å². The van der Waals surface area contributed by atoms with Gasteiger partial charge in [-0.2, -0.15) is 0 Å². The van der Waals surface area contributed by atoms with Crippen molar-refractivity contribution in [3.63, 3.8) is 0 Å². The summed E-state index contributed by atoms with van der Waals surface area (Å²) in [5, 5.41) is 3.44. The van der Waals surface area contributed by atoms with Crippen molar-refractivity contribution < 1.29 is 4.74 Å². The van der Waals surface area contributed by atoms with Gasteiger partial charge in [0.1, 0.15) is 6.10 Å². The summed E-state index contributed by atoms with van der Waals surface area (Å²) in [7, 11) is 0. The molecule has 112 valence electrons. The average molecular weight is 276 g/mol. The van der Waals surface area contributed by atoms with E-state index in [1.165, 1.54) is 37.7 Å². The van der Waals surface area contributed by atoms with Crippen molar-refractivity contribution in [2.45, 2.75) is 65.0 Å². The first-order valence-electron chi connectivity index (χ1n) is 8.09. The van der Waals surface area contributed by atoms with Gasteiger partial charge in [-0.1, -0.05) is 32.8 Å². The smallest absolute Gasteiger partial charge is 0.218 e. The first-order valence-corrected chi connectivity index (χ1v) is 8.09. The summed E-state index contributed by atoms with van der Waals surface area (Å²) in [4.78, 5) is 4.46.